The van der Waals surface area contributed by atoms with Crippen LogP contribution in [0.5, 0.6) is 0 Å². The van der Waals surface area contributed by atoms with E-state index in [1.54, 1.807) is 0 Å². The SMILES string of the molecule is CC(N)C(=O)O.[Cs+].[H-]. The summed E-state index contributed by atoms with van der Waals surface area (Å²) in [5.41, 5.74) is 4.84. The Labute approximate surface area is 103 Å². The molecule has 0 saturated heterocycles. The number of hydrogen-bond donors (Lipinski definition) is 2. The van der Waals surface area contributed by atoms with E-state index in [4.69, 9.17) is 10.8 Å². The fourth-order valence-electron chi connectivity index (χ4n) is 0. The van der Waals surface area contributed by atoms with Crippen LogP contribution in [0.4, 0.5) is 0 Å². The van der Waals surface area contributed by atoms with Crippen LogP contribution in [0.3, 0.4) is 0 Å². The summed E-state index contributed by atoms with van der Waals surface area (Å²) in [7, 11) is 0. The Balaban J connectivity index is -0.000000125. The summed E-state index contributed by atoms with van der Waals surface area (Å²) >= 11 is 0. The summed E-state index contributed by atoms with van der Waals surface area (Å²) < 4.78 is 0. The quantitative estimate of drug-likeness (QED) is 0.485. The zero-order chi connectivity index (χ0) is 5.15. The molecule has 0 fully saturated rings. The number of aliphatic carboxylic acids is 1. The minimum absolute atomic E-state index is 0. The van der Waals surface area contributed by atoms with Crippen molar-refractivity contribution >= 4 is 5.97 Å². The third-order valence-corrected chi connectivity index (χ3v) is 0.390. The van der Waals surface area contributed by atoms with Crippen molar-refractivity contribution in [2.75, 3.05) is 0 Å². The van der Waals surface area contributed by atoms with Gasteiger partial charge in [-0.2, -0.15) is 0 Å². The second kappa shape index (κ2) is 5.62. The molecular weight excluding hydrogens is 215 g/mol. The fourth-order valence-corrected chi connectivity index (χ4v) is 0. The monoisotopic (exact) mass is 223 g/mol. The second-order valence-corrected chi connectivity index (χ2v) is 1.13. The second-order valence-electron chi connectivity index (χ2n) is 1.13. The standard InChI is InChI=1S/C3H7NO2.Cs.H/c1-2(4)3(5)6;;/h2H,4H2,1H3,(H,5,6);;/q;+1;-1. The van der Waals surface area contributed by atoms with E-state index in [1.807, 2.05) is 0 Å². The third kappa shape index (κ3) is 7.48. The van der Waals surface area contributed by atoms with Crippen molar-refractivity contribution in [1.29, 1.82) is 0 Å². The summed E-state index contributed by atoms with van der Waals surface area (Å²) in [5, 5.41) is 7.87. The number of carboxylic acid groups (broad SMARTS) is 1. The van der Waals surface area contributed by atoms with Crippen LogP contribution in [0.1, 0.15) is 8.35 Å². The zero-order valence-corrected chi connectivity index (χ0v) is 10.8. The van der Waals surface area contributed by atoms with Gasteiger partial charge in [0.15, 0.2) is 0 Å². The molecule has 4 heteroatoms. The van der Waals surface area contributed by atoms with E-state index in [9.17, 15) is 4.79 Å². The molecular formula is C3H8CsNO2. The first-order valence-electron chi connectivity index (χ1n) is 1.63. The summed E-state index contributed by atoms with van der Waals surface area (Å²) in [6.45, 7) is 1.42. The van der Waals surface area contributed by atoms with E-state index in [1.165, 1.54) is 6.92 Å². The van der Waals surface area contributed by atoms with Crippen molar-refractivity contribution in [2.24, 2.45) is 5.73 Å². The van der Waals surface area contributed by atoms with Crippen molar-refractivity contribution in [3.8, 4) is 0 Å². The summed E-state index contributed by atoms with van der Waals surface area (Å²) in [5.74, 6) is -0.963. The summed E-state index contributed by atoms with van der Waals surface area (Å²) in [6.07, 6.45) is 0. The molecule has 7 heavy (non-hydrogen) atoms. The van der Waals surface area contributed by atoms with Gasteiger partial charge in [0.2, 0.25) is 0 Å². The molecule has 1 unspecified atom stereocenters. The van der Waals surface area contributed by atoms with Gasteiger partial charge in [-0.1, -0.05) is 0 Å². The van der Waals surface area contributed by atoms with Gasteiger partial charge in [-0.05, 0) is 6.92 Å². The van der Waals surface area contributed by atoms with Crippen LogP contribution in [-0.2, 0) is 4.79 Å². The van der Waals surface area contributed by atoms with Crippen molar-refractivity contribution < 1.29 is 80.2 Å². The first-order chi connectivity index (χ1) is 2.64. The van der Waals surface area contributed by atoms with E-state index < -0.39 is 12.0 Å². The molecule has 0 aromatic carbocycles. The molecule has 0 radical (unpaired) electrons. The van der Waals surface area contributed by atoms with Gasteiger partial charge in [0.05, 0.1) is 0 Å². The van der Waals surface area contributed by atoms with Gasteiger partial charge in [-0.15, -0.1) is 0 Å². The average Bonchev–Trinajstić information content (AvgIpc) is 1.36. The molecule has 0 amide bonds. The Morgan fingerprint density at radius 1 is 2.00 bits per heavy atom. The molecule has 0 aromatic heterocycles. The van der Waals surface area contributed by atoms with E-state index in [2.05, 4.69) is 0 Å². The smallest absolute Gasteiger partial charge is 1.00 e. The van der Waals surface area contributed by atoms with Gasteiger partial charge in [-0.3, -0.25) is 4.79 Å². The van der Waals surface area contributed by atoms with Crippen LogP contribution in [-0.4, -0.2) is 17.1 Å². The Hall–Kier alpha value is 1.48. The molecule has 0 bridgehead atoms. The number of carboxylic acids is 1. The molecule has 0 spiro atoms. The van der Waals surface area contributed by atoms with Crippen LogP contribution in [0, 0.1) is 0 Å². The number of hydrogen-bond acceptors (Lipinski definition) is 2. The van der Waals surface area contributed by atoms with E-state index >= 15 is 0 Å². The van der Waals surface area contributed by atoms with Gasteiger partial charge in [-0.25, -0.2) is 0 Å². The van der Waals surface area contributed by atoms with Crippen LogP contribution < -0.4 is 74.6 Å². The van der Waals surface area contributed by atoms with Crippen LogP contribution >= 0.6 is 0 Å². The van der Waals surface area contributed by atoms with Crippen LogP contribution in [0.2, 0.25) is 0 Å². The van der Waals surface area contributed by atoms with Gasteiger partial charge in [0.1, 0.15) is 6.04 Å². The molecule has 0 aliphatic carbocycles. The number of carbonyl (C=O) groups is 1. The fraction of sp³-hybridized carbons (Fsp3) is 0.667. The normalized spacial score (nSPS) is 11.7. The molecule has 0 saturated carbocycles. The van der Waals surface area contributed by atoms with Crippen molar-refractivity contribution in [3.05, 3.63) is 0 Å². The Morgan fingerprint density at radius 3 is 2.14 bits per heavy atom. The molecule has 3 nitrogen and oxygen atoms in total. The first-order valence-corrected chi connectivity index (χ1v) is 1.63. The molecule has 0 aliphatic heterocycles. The minimum Gasteiger partial charge on any atom is -1.00 e. The molecule has 3 N–H and O–H groups in total. The van der Waals surface area contributed by atoms with E-state index in [-0.39, 0.29) is 70.3 Å². The van der Waals surface area contributed by atoms with Gasteiger partial charge in [0.25, 0.3) is 0 Å². The minimum atomic E-state index is -0.963. The van der Waals surface area contributed by atoms with Gasteiger partial charge >= 0.3 is 74.9 Å². The van der Waals surface area contributed by atoms with Crippen LogP contribution in [0.25, 0.3) is 0 Å². The van der Waals surface area contributed by atoms with Crippen molar-refractivity contribution in [2.45, 2.75) is 13.0 Å². The average molecular weight is 223 g/mol. The summed E-state index contributed by atoms with van der Waals surface area (Å²) in [4.78, 5) is 9.57. The number of nitrogens with two attached hydrogens (primary N) is 1. The predicted octanol–water partition coefficient (Wildman–Crippen LogP) is -3.47. The molecule has 0 aliphatic rings. The maximum Gasteiger partial charge on any atom is 1.00 e. The maximum atomic E-state index is 9.57. The van der Waals surface area contributed by atoms with E-state index in [0.717, 1.165) is 0 Å². The number of rotatable bonds is 1. The molecule has 38 valence electrons. The molecule has 1 atom stereocenters. The summed E-state index contributed by atoms with van der Waals surface area (Å²) in [6, 6.07) is -0.731. The molecule has 0 heterocycles. The molecule has 0 aromatic rings. The van der Waals surface area contributed by atoms with Gasteiger partial charge in [0, 0.05) is 0 Å². The Morgan fingerprint density at radius 2 is 2.14 bits per heavy atom. The predicted molar refractivity (Wildman–Crippen MR) is 22.4 cm³/mol. The third-order valence-electron chi connectivity index (χ3n) is 0.390. The maximum absolute atomic E-state index is 9.57. The molecule has 0 rings (SSSR count). The van der Waals surface area contributed by atoms with Crippen LogP contribution in [0.15, 0.2) is 0 Å². The Kier molecular flexibility index (Phi) is 9.07. The van der Waals surface area contributed by atoms with Crippen molar-refractivity contribution in [3.63, 3.8) is 0 Å². The topological polar surface area (TPSA) is 63.3 Å². The van der Waals surface area contributed by atoms with Crippen molar-refractivity contribution in [1.82, 2.24) is 0 Å². The van der Waals surface area contributed by atoms with Gasteiger partial charge < -0.3 is 12.3 Å². The largest absolute Gasteiger partial charge is 1.00 e. The Bertz CT molecular complexity index is 68.3. The zero-order valence-electron chi connectivity index (χ0n) is 5.51. The first kappa shape index (κ1) is 11.3. The van der Waals surface area contributed by atoms with E-state index in [0.29, 0.717) is 0 Å².